The quantitative estimate of drug-likeness (QED) is 0.510. The average molecular weight is 273 g/mol. The molecule has 0 saturated heterocycles. The van der Waals surface area contributed by atoms with Crippen LogP contribution in [0.3, 0.4) is 0 Å². The number of H-pyrrole nitrogens is 1. The van der Waals surface area contributed by atoms with Gasteiger partial charge in [-0.1, -0.05) is 23.9 Å². The lowest BCUT2D eigenvalue weighted by Crippen LogP contribution is -2.14. The van der Waals surface area contributed by atoms with Crippen LogP contribution in [0.4, 0.5) is 5.69 Å². The van der Waals surface area contributed by atoms with Crippen LogP contribution in [0.2, 0.25) is 0 Å². The Morgan fingerprint density at radius 2 is 2.05 bits per heavy atom. The van der Waals surface area contributed by atoms with E-state index in [1.54, 1.807) is 11.8 Å². The number of nitrogens with zero attached hydrogens (tertiary/aromatic N) is 1. The molecule has 1 aromatic heterocycles. The highest BCUT2D eigenvalue weighted by atomic mass is 32.2. The van der Waals surface area contributed by atoms with E-state index in [0.29, 0.717) is 5.16 Å². The Kier molecular flexibility index (Phi) is 3.29. The maximum atomic E-state index is 11.9. The number of aromatic amines is 1. The molecule has 3 N–H and O–H groups in total. The van der Waals surface area contributed by atoms with Crippen LogP contribution in [0.5, 0.6) is 0 Å². The van der Waals surface area contributed by atoms with E-state index in [9.17, 15) is 4.79 Å². The van der Waals surface area contributed by atoms with Gasteiger partial charge in [0.1, 0.15) is 0 Å². The van der Waals surface area contributed by atoms with Crippen LogP contribution in [0.15, 0.2) is 34.2 Å². The fraction of sp³-hybridized carbons (Fsp3) is 0.286. The van der Waals surface area contributed by atoms with Crippen molar-refractivity contribution < 1.29 is 0 Å². The maximum Gasteiger partial charge on any atom is 0.254 e. The van der Waals surface area contributed by atoms with Gasteiger partial charge in [-0.25, -0.2) is 4.98 Å². The van der Waals surface area contributed by atoms with Crippen LogP contribution in [0.1, 0.15) is 23.2 Å². The number of rotatable bonds is 3. The number of anilines is 1. The molecule has 2 aromatic rings. The van der Waals surface area contributed by atoms with Crippen LogP contribution < -0.4 is 11.3 Å². The molecule has 1 aliphatic rings. The van der Waals surface area contributed by atoms with Crippen molar-refractivity contribution in [2.75, 3.05) is 5.73 Å². The highest BCUT2D eigenvalue weighted by Gasteiger charge is 2.17. The molecule has 1 aliphatic carbocycles. The smallest absolute Gasteiger partial charge is 0.254 e. The van der Waals surface area contributed by atoms with Crippen molar-refractivity contribution >= 4 is 17.4 Å². The molecule has 98 valence electrons. The van der Waals surface area contributed by atoms with E-state index in [1.807, 2.05) is 24.3 Å². The van der Waals surface area contributed by atoms with E-state index in [2.05, 4.69) is 9.97 Å². The molecule has 0 spiro atoms. The minimum atomic E-state index is 0.0299. The van der Waals surface area contributed by atoms with Gasteiger partial charge in [0.05, 0.1) is 5.69 Å². The summed E-state index contributed by atoms with van der Waals surface area (Å²) in [6, 6.07) is 7.76. The molecule has 1 aromatic carbocycles. The van der Waals surface area contributed by atoms with Gasteiger partial charge in [0, 0.05) is 17.0 Å². The highest BCUT2D eigenvalue weighted by molar-refractivity contribution is 7.98. The van der Waals surface area contributed by atoms with E-state index in [1.165, 1.54) is 5.56 Å². The molecule has 0 atom stereocenters. The minimum absolute atomic E-state index is 0.0299. The second kappa shape index (κ2) is 5.09. The number of nitrogens with two attached hydrogens (primary N) is 1. The van der Waals surface area contributed by atoms with Gasteiger partial charge in [-0.3, -0.25) is 4.79 Å². The molecule has 19 heavy (non-hydrogen) atoms. The second-order valence-corrected chi connectivity index (χ2v) is 5.64. The molecule has 3 rings (SSSR count). The summed E-state index contributed by atoms with van der Waals surface area (Å²) in [7, 11) is 0. The largest absolute Gasteiger partial charge is 0.399 e. The lowest BCUT2D eigenvalue weighted by Gasteiger charge is -2.04. The summed E-state index contributed by atoms with van der Waals surface area (Å²) in [6.07, 6.45) is 2.83. The summed E-state index contributed by atoms with van der Waals surface area (Å²) in [5, 5.41) is 0.711. The minimum Gasteiger partial charge on any atom is -0.399 e. The number of benzene rings is 1. The van der Waals surface area contributed by atoms with Crippen LogP contribution in [0.25, 0.3) is 0 Å². The van der Waals surface area contributed by atoms with Gasteiger partial charge in [0.15, 0.2) is 5.16 Å². The molecule has 4 nitrogen and oxygen atoms in total. The van der Waals surface area contributed by atoms with E-state index in [-0.39, 0.29) is 5.56 Å². The summed E-state index contributed by atoms with van der Waals surface area (Å²) >= 11 is 1.55. The van der Waals surface area contributed by atoms with Gasteiger partial charge >= 0.3 is 0 Å². The number of hydrogen-bond donors (Lipinski definition) is 2. The number of hydrogen-bond acceptors (Lipinski definition) is 4. The third-order valence-corrected chi connectivity index (χ3v) is 4.22. The van der Waals surface area contributed by atoms with Crippen LogP contribution in [-0.4, -0.2) is 9.97 Å². The average Bonchev–Trinajstić information content (AvgIpc) is 2.87. The highest BCUT2D eigenvalue weighted by Crippen LogP contribution is 2.22. The first kappa shape index (κ1) is 12.3. The Labute approximate surface area is 115 Å². The normalized spacial score (nSPS) is 13.5. The Morgan fingerprint density at radius 3 is 2.84 bits per heavy atom. The standard InChI is InChI=1S/C14H15N3OS/c15-10-6-4-9(5-7-10)8-19-14-16-12-3-1-2-11(12)13(18)17-14/h4-7H,1-3,8,15H2,(H,16,17,18). The first-order valence-electron chi connectivity index (χ1n) is 6.31. The van der Waals surface area contributed by atoms with Crippen molar-refractivity contribution in [1.29, 1.82) is 0 Å². The zero-order valence-corrected chi connectivity index (χ0v) is 11.3. The molecule has 0 fully saturated rings. The van der Waals surface area contributed by atoms with Crippen molar-refractivity contribution in [3.05, 3.63) is 51.4 Å². The SMILES string of the molecule is Nc1ccc(CSc2nc3c(c(=O)[nH]2)CCC3)cc1. The summed E-state index contributed by atoms with van der Waals surface area (Å²) in [5.41, 5.74) is 9.46. The van der Waals surface area contributed by atoms with E-state index >= 15 is 0 Å². The monoisotopic (exact) mass is 273 g/mol. The lowest BCUT2D eigenvalue weighted by atomic mass is 10.2. The van der Waals surface area contributed by atoms with Gasteiger partial charge in [-0.2, -0.15) is 0 Å². The van der Waals surface area contributed by atoms with E-state index in [0.717, 1.165) is 42.0 Å². The fourth-order valence-corrected chi connectivity index (χ4v) is 3.09. The molecule has 1 heterocycles. The zero-order chi connectivity index (χ0) is 13.2. The van der Waals surface area contributed by atoms with Crippen molar-refractivity contribution in [3.63, 3.8) is 0 Å². The summed E-state index contributed by atoms with van der Waals surface area (Å²) in [5.74, 6) is 0.780. The van der Waals surface area contributed by atoms with Gasteiger partial charge in [0.2, 0.25) is 0 Å². The molecule has 0 aliphatic heterocycles. The maximum absolute atomic E-state index is 11.9. The summed E-state index contributed by atoms with van der Waals surface area (Å²) in [4.78, 5) is 19.3. The van der Waals surface area contributed by atoms with Gasteiger partial charge in [0.25, 0.3) is 5.56 Å². The Bertz CT molecular complexity index is 649. The number of thioether (sulfide) groups is 1. The number of fused-ring (bicyclic) bond motifs is 1. The van der Waals surface area contributed by atoms with Crippen LogP contribution >= 0.6 is 11.8 Å². The van der Waals surface area contributed by atoms with Crippen molar-refractivity contribution in [3.8, 4) is 0 Å². The second-order valence-electron chi connectivity index (χ2n) is 4.68. The van der Waals surface area contributed by atoms with Crippen LogP contribution in [-0.2, 0) is 18.6 Å². The third-order valence-electron chi connectivity index (χ3n) is 3.28. The number of nitrogen functional groups attached to an aromatic ring is 1. The van der Waals surface area contributed by atoms with Crippen LogP contribution in [0, 0.1) is 0 Å². The van der Waals surface area contributed by atoms with E-state index < -0.39 is 0 Å². The molecule has 0 unspecified atom stereocenters. The van der Waals surface area contributed by atoms with Crippen molar-refractivity contribution in [2.24, 2.45) is 0 Å². The molecule has 0 bridgehead atoms. The zero-order valence-electron chi connectivity index (χ0n) is 10.5. The predicted molar refractivity (Wildman–Crippen MR) is 77.3 cm³/mol. The molecule has 5 heteroatoms. The predicted octanol–water partition coefficient (Wildman–Crippen LogP) is 2.13. The molecular formula is C14H15N3OS. The summed E-state index contributed by atoms with van der Waals surface area (Å²) < 4.78 is 0. The van der Waals surface area contributed by atoms with Gasteiger partial charge < -0.3 is 10.7 Å². The van der Waals surface area contributed by atoms with Crippen molar-refractivity contribution in [2.45, 2.75) is 30.2 Å². The topological polar surface area (TPSA) is 71.8 Å². The van der Waals surface area contributed by atoms with Gasteiger partial charge in [-0.15, -0.1) is 0 Å². The summed E-state index contributed by atoms with van der Waals surface area (Å²) in [6.45, 7) is 0. The molecule has 0 amide bonds. The fourth-order valence-electron chi connectivity index (χ4n) is 2.25. The number of nitrogens with one attached hydrogen (secondary N) is 1. The van der Waals surface area contributed by atoms with Gasteiger partial charge in [-0.05, 0) is 37.0 Å². The number of aryl methyl sites for hydroxylation is 1. The third kappa shape index (κ3) is 2.66. The lowest BCUT2D eigenvalue weighted by molar-refractivity contribution is 0.869. The first-order valence-corrected chi connectivity index (χ1v) is 7.30. The molecule has 0 radical (unpaired) electrons. The van der Waals surface area contributed by atoms with Crippen molar-refractivity contribution in [1.82, 2.24) is 9.97 Å². The number of aromatic nitrogens is 2. The Balaban J connectivity index is 1.75. The van der Waals surface area contributed by atoms with E-state index in [4.69, 9.17) is 5.73 Å². The Morgan fingerprint density at radius 1 is 1.26 bits per heavy atom. The molecule has 0 saturated carbocycles. The molecular weight excluding hydrogens is 258 g/mol. The Hall–Kier alpha value is -1.75. The first-order chi connectivity index (χ1) is 9.22.